The van der Waals surface area contributed by atoms with Crippen LogP contribution in [0.1, 0.15) is 38.5 Å². The summed E-state index contributed by atoms with van der Waals surface area (Å²) in [5.74, 6) is -0.970. The van der Waals surface area contributed by atoms with Gasteiger partial charge in [-0.25, -0.2) is 4.89 Å². The fourth-order valence-corrected chi connectivity index (χ4v) is 3.87. The van der Waals surface area contributed by atoms with Gasteiger partial charge in [-0.3, -0.25) is 0 Å². The number of hydrogen-bond donors (Lipinski definition) is 0. The van der Waals surface area contributed by atoms with Crippen LogP contribution in [0.15, 0.2) is 0 Å². The number of nitrogens with zero attached hydrogens (tertiary/aromatic N) is 1. The largest absolute Gasteiger partial charge is 0.379 e. The van der Waals surface area contributed by atoms with E-state index >= 15 is 0 Å². The molecule has 2 bridgehead atoms. The third-order valence-electron chi connectivity index (χ3n) is 4.98. The normalized spacial score (nSPS) is 47.4. The second-order valence-electron chi connectivity index (χ2n) is 5.99. The van der Waals surface area contributed by atoms with Crippen LogP contribution in [0.5, 0.6) is 0 Å². The first-order valence-electron chi connectivity index (χ1n) is 7.14. The van der Waals surface area contributed by atoms with Gasteiger partial charge in [0.2, 0.25) is 5.79 Å². The molecule has 4 aliphatic rings. The van der Waals surface area contributed by atoms with Crippen LogP contribution in [0.25, 0.3) is 0 Å². The predicted octanol–water partition coefficient (Wildman–Crippen LogP) is 1.90. The van der Waals surface area contributed by atoms with Gasteiger partial charge in [-0.1, -0.05) is 12.8 Å². The van der Waals surface area contributed by atoms with Crippen LogP contribution < -0.4 is 0 Å². The number of fused-ring (bicyclic) bond motifs is 3. The highest BCUT2D eigenvalue weighted by Crippen LogP contribution is 2.58. The number of methoxy groups -OCH3 is 2. The average molecular weight is 283 g/mol. The molecule has 3 saturated heterocycles. The molecule has 3 heterocycles. The molecule has 0 radical (unpaired) electrons. The summed E-state index contributed by atoms with van der Waals surface area (Å²) >= 11 is 0. The summed E-state index contributed by atoms with van der Waals surface area (Å²) in [6.45, 7) is 0.254. The summed E-state index contributed by atoms with van der Waals surface area (Å²) in [5.41, 5.74) is -1.44. The molecule has 0 unspecified atom stereocenters. The van der Waals surface area contributed by atoms with E-state index in [2.05, 4.69) is 6.07 Å². The highest BCUT2D eigenvalue weighted by atomic mass is 17.3. The molecule has 0 amide bonds. The highest BCUT2D eigenvalue weighted by Gasteiger charge is 2.68. The van der Waals surface area contributed by atoms with Crippen molar-refractivity contribution in [2.75, 3.05) is 20.8 Å². The van der Waals surface area contributed by atoms with E-state index in [-0.39, 0.29) is 6.61 Å². The van der Waals surface area contributed by atoms with E-state index < -0.39 is 23.1 Å². The molecule has 0 N–H and O–H groups in total. The summed E-state index contributed by atoms with van der Waals surface area (Å²) in [5, 5.41) is 9.82. The fraction of sp³-hybridized carbons (Fsp3) is 0.929. The van der Waals surface area contributed by atoms with Gasteiger partial charge in [0, 0.05) is 20.6 Å². The topological polar surface area (TPSA) is 69.9 Å². The van der Waals surface area contributed by atoms with Crippen molar-refractivity contribution in [1.29, 1.82) is 5.26 Å². The zero-order chi connectivity index (χ0) is 14.3. The highest BCUT2D eigenvalue weighted by molar-refractivity contribution is 5.18. The fourth-order valence-electron chi connectivity index (χ4n) is 3.87. The molecule has 0 aromatic carbocycles. The molecule has 6 nitrogen and oxygen atoms in total. The van der Waals surface area contributed by atoms with Gasteiger partial charge in [0.1, 0.15) is 6.61 Å². The number of ether oxygens (including phenoxy) is 3. The minimum absolute atomic E-state index is 0.254. The van der Waals surface area contributed by atoms with Gasteiger partial charge in [-0.05, 0) is 19.3 Å². The van der Waals surface area contributed by atoms with Crippen LogP contribution in [0, 0.1) is 16.7 Å². The maximum absolute atomic E-state index is 9.82. The number of rotatable bonds is 3. The van der Waals surface area contributed by atoms with Crippen molar-refractivity contribution < 1.29 is 24.0 Å². The van der Waals surface area contributed by atoms with Gasteiger partial charge >= 0.3 is 0 Å². The van der Waals surface area contributed by atoms with E-state index in [1.807, 2.05) is 0 Å². The van der Waals surface area contributed by atoms with Crippen molar-refractivity contribution in [1.82, 2.24) is 0 Å². The maximum atomic E-state index is 9.82. The van der Waals surface area contributed by atoms with Gasteiger partial charge in [-0.2, -0.15) is 10.1 Å². The first-order chi connectivity index (χ1) is 9.66. The molecule has 1 aliphatic carbocycles. The van der Waals surface area contributed by atoms with Crippen LogP contribution in [0.2, 0.25) is 0 Å². The Morgan fingerprint density at radius 2 is 1.95 bits per heavy atom. The zero-order valence-electron chi connectivity index (χ0n) is 12.0. The lowest BCUT2D eigenvalue weighted by Gasteiger charge is -2.52. The molecule has 3 aliphatic heterocycles. The summed E-state index contributed by atoms with van der Waals surface area (Å²) in [6.07, 6.45) is 4.14. The second kappa shape index (κ2) is 4.93. The third-order valence-corrected chi connectivity index (χ3v) is 4.98. The average Bonchev–Trinajstić information content (AvgIpc) is 2.70. The van der Waals surface area contributed by atoms with Crippen molar-refractivity contribution in [2.24, 2.45) is 5.41 Å². The quantitative estimate of drug-likeness (QED) is 0.737. The Morgan fingerprint density at radius 3 is 2.65 bits per heavy atom. The van der Waals surface area contributed by atoms with Gasteiger partial charge in [-0.15, -0.1) is 0 Å². The van der Waals surface area contributed by atoms with Gasteiger partial charge in [0.25, 0.3) is 0 Å². The Kier molecular flexibility index (Phi) is 3.51. The number of hydrogen-bond acceptors (Lipinski definition) is 6. The van der Waals surface area contributed by atoms with Crippen molar-refractivity contribution >= 4 is 0 Å². The molecule has 20 heavy (non-hydrogen) atoms. The Hall–Kier alpha value is -0.710. The van der Waals surface area contributed by atoms with Gasteiger partial charge in [0.15, 0.2) is 11.9 Å². The Morgan fingerprint density at radius 1 is 1.15 bits per heavy atom. The lowest BCUT2D eigenvalue weighted by atomic mass is 9.61. The Bertz CT molecular complexity index is 424. The first-order valence-corrected chi connectivity index (χ1v) is 7.14. The second-order valence-corrected chi connectivity index (χ2v) is 5.99. The van der Waals surface area contributed by atoms with Crippen molar-refractivity contribution in [3.63, 3.8) is 0 Å². The Labute approximate surface area is 118 Å². The van der Waals surface area contributed by atoms with E-state index in [0.717, 1.165) is 19.3 Å². The molecule has 1 spiro atoms. The van der Waals surface area contributed by atoms with E-state index in [9.17, 15) is 5.26 Å². The predicted molar refractivity (Wildman–Crippen MR) is 67.1 cm³/mol. The van der Waals surface area contributed by atoms with Crippen LogP contribution in [-0.4, -0.2) is 38.5 Å². The summed E-state index contributed by atoms with van der Waals surface area (Å²) < 4.78 is 16.8. The van der Waals surface area contributed by atoms with Crippen LogP contribution in [0.4, 0.5) is 0 Å². The third kappa shape index (κ3) is 1.74. The smallest absolute Gasteiger partial charge is 0.227 e. The zero-order valence-corrected chi connectivity index (χ0v) is 12.0. The number of nitriles is 1. The van der Waals surface area contributed by atoms with Crippen LogP contribution >= 0.6 is 0 Å². The van der Waals surface area contributed by atoms with Crippen LogP contribution in [0.3, 0.4) is 0 Å². The molecular weight excluding hydrogens is 262 g/mol. The lowest BCUT2D eigenvalue weighted by molar-refractivity contribution is -0.558. The molecule has 1 saturated carbocycles. The summed E-state index contributed by atoms with van der Waals surface area (Å²) in [4.78, 5) is 11.4. The monoisotopic (exact) mass is 283 g/mol. The van der Waals surface area contributed by atoms with Crippen molar-refractivity contribution in [3.05, 3.63) is 0 Å². The molecule has 0 aromatic heterocycles. The lowest BCUT2D eigenvalue weighted by Crippen LogP contribution is -2.64. The molecule has 4 atom stereocenters. The standard InChI is InChI=1S/C14H21NO5/c1-16-10-13-8-7-12(9-15)5-3-4-6-14(12,20-19-13)11(17-2)18-13/h11H,3-8,10H2,1-2H3/t11-,12-,13+,14-/m1/s1. The summed E-state index contributed by atoms with van der Waals surface area (Å²) in [7, 11) is 3.17. The molecule has 4 fully saturated rings. The van der Waals surface area contributed by atoms with E-state index in [4.69, 9.17) is 24.0 Å². The Balaban J connectivity index is 2.03. The van der Waals surface area contributed by atoms with Gasteiger partial charge in [0.05, 0.1) is 11.5 Å². The molecule has 6 heteroatoms. The van der Waals surface area contributed by atoms with E-state index in [1.165, 1.54) is 0 Å². The SMILES string of the molecule is COC[C@]12CC[C@@]3(C#N)CCCC[C@@]3(OO1)[C@H](OC)O2. The first kappa shape index (κ1) is 14.2. The molecule has 4 rings (SSSR count). The van der Waals surface area contributed by atoms with Gasteiger partial charge < -0.3 is 14.2 Å². The summed E-state index contributed by atoms with van der Waals surface area (Å²) in [6, 6.07) is 2.50. The van der Waals surface area contributed by atoms with E-state index in [1.54, 1.807) is 14.2 Å². The molecule has 0 aromatic rings. The van der Waals surface area contributed by atoms with Crippen LogP contribution in [-0.2, 0) is 24.0 Å². The minimum Gasteiger partial charge on any atom is -0.379 e. The molecule has 112 valence electrons. The minimum atomic E-state index is -0.970. The van der Waals surface area contributed by atoms with Crippen molar-refractivity contribution in [3.8, 4) is 6.07 Å². The molecular formula is C14H21NO5. The van der Waals surface area contributed by atoms with Crippen molar-refractivity contribution in [2.45, 2.75) is 56.2 Å². The van der Waals surface area contributed by atoms with E-state index in [0.29, 0.717) is 19.3 Å². The maximum Gasteiger partial charge on any atom is 0.227 e.